The zero-order valence-corrected chi connectivity index (χ0v) is 12.1. The zero-order valence-electron chi connectivity index (χ0n) is 11.4. The Morgan fingerprint density at radius 3 is 2.62 bits per heavy atom. The third-order valence-corrected chi connectivity index (χ3v) is 4.14. The number of rotatable bonds is 3. The maximum Gasteiger partial charge on any atom is 0.232 e. The molecule has 3 rings (SSSR count). The Morgan fingerprint density at radius 1 is 1.19 bits per heavy atom. The SMILES string of the molecule is O=C1C2C=CC=CC2C(O)N1C/C=C/c1ccc(Cl)cc1. The normalized spacial score (nSPS) is 27.6. The van der Waals surface area contributed by atoms with Crippen LogP contribution in [0.2, 0.25) is 5.02 Å². The summed E-state index contributed by atoms with van der Waals surface area (Å²) in [6.07, 6.45) is 10.6. The van der Waals surface area contributed by atoms with Crippen molar-refractivity contribution in [1.29, 1.82) is 0 Å². The van der Waals surface area contributed by atoms with E-state index in [0.717, 1.165) is 5.56 Å². The Bertz CT molecular complexity index is 618. The number of aliphatic hydroxyl groups excluding tert-OH is 1. The van der Waals surface area contributed by atoms with Crippen LogP contribution in [0, 0.1) is 11.8 Å². The summed E-state index contributed by atoms with van der Waals surface area (Å²) in [6.45, 7) is 0.400. The van der Waals surface area contributed by atoms with Gasteiger partial charge in [-0.2, -0.15) is 0 Å². The number of nitrogens with zero attached hydrogens (tertiary/aromatic N) is 1. The molecule has 0 spiro atoms. The van der Waals surface area contributed by atoms with Crippen LogP contribution in [0.5, 0.6) is 0 Å². The lowest BCUT2D eigenvalue weighted by molar-refractivity contribution is -0.133. The molecule has 3 unspecified atom stereocenters. The standard InChI is InChI=1S/C17H16ClNO2/c18-13-9-7-12(8-10-13)4-3-11-19-16(20)14-5-1-2-6-15(14)17(19)21/h1-10,14-16,20H,11H2/b4-3+. The molecule has 1 aromatic carbocycles. The molecule has 0 saturated carbocycles. The molecule has 3 atom stereocenters. The van der Waals surface area contributed by atoms with E-state index >= 15 is 0 Å². The summed E-state index contributed by atoms with van der Waals surface area (Å²) in [4.78, 5) is 13.8. The minimum absolute atomic E-state index is 0.0196. The molecule has 4 heteroatoms. The molecule has 1 saturated heterocycles. The first kappa shape index (κ1) is 14.1. The summed E-state index contributed by atoms with van der Waals surface area (Å²) in [5, 5.41) is 11.0. The van der Waals surface area contributed by atoms with Crippen molar-refractivity contribution in [3.63, 3.8) is 0 Å². The van der Waals surface area contributed by atoms with Gasteiger partial charge < -0.3 is 10.0 Å². The predicted molar refractivity (Wildman–Crippen MR) is 83.5 cm³/mol. The van der Waals surface area contributed by atoms with Gasteiger partial charge in [-0.15, -0.1) is 0 Å². The molecular weight excluding hydrogens is 286 g/mol. The largest absolute Gasteiger partial charge is 0.373 e. The summed E-state index contributed by atoms with van der Waals surface area (Å²) in [6, 6.07) is 7.46. The van der Waals surface area contributed by atoms with E-state index in [2.05, 4.69) is 0 Å². The molecule has 1 heterocycles. The molecular formula is C17H16ClNO2. The van der Waals surface area contributed by atoms with Crippen LogP contribution in [0.1, 0.15) is 5.56 Å². The molecule has 3 nitrogen and oxygen atoms in total. The summed E-state index contributed by atoms with van der Waals surface area (Å²) in [5.41, 5.74) is 1.01. The predicted octanol–water partition coefficient (Wildman–Crippen LogP) is 2.87. The van der Waals surface area contributed by atoms with E-state index in [1.165, 1.54) is 4.90 Å². The van der Waals surface area contributed by atoms with Crippen LogP contribution in [-0.4, -0.2) is 28.7 Å². The maximum atomic E-state index is 12.3. The van der Waals surface area contributed by atoms with E-state index < -0.39 is 6.23 Å². The Labute approximate surface area is 128 Å². The van der Waals surface area contributed by atoms with Crippen molar-refractivity contribution >= 4 is 23.6 Å². The van der Waals surface area contributed by atoms with Crippen molar-refractivity contribution in [3.8, 4) is 0 Å². The van der Waals surface area contributed by atoms with Crippen molar-refractivity contribution in [3.05, 3.63) is 65.2 Å². The molecule has 0 aromatic heterocycles. The summed E-state index contributed by atoms with van der Waals surface area (Å²) in [7, 11) is 0. The van der Waals surface area contributed by atoms with Crippen LogP contribution in [0.4, 0.5) is 0 Å². The highest BCUT2D eigenvalue weighted by Crippen LogP contribution is 2.33. The highest BCUT2D eigenvalue weighted by atomic mass is 35.5. The maximum absolute atomic E-state index is 12.3. The Kier molecular flexibility index (Phi) is 3.95. The van der Waals surface area contributed by atoms with E-state index in [0.29, 0.717) is 11.6 Å². The molecule has 0 radical (unpaired) electrons. The van der Waals surface area contributed by atoms with Gasteiger partial charge in [0.15, 0.2) is 0 Å². The van der Waals surface area contributed by atoms with Gasteiger partial charge in [-0.1, -0.05) is 60.2 Å². The van der Waals surface area contributed by atoms with Gasteiger partial charge >= 0.3 is 0 Å². The van der Waals surface area contributed by atoms with Crippen molar-refractivity contribution in [2.45, 2.75) is 6.23 Å². The van der Waals surface area contributed by atoms with Crippen LogP contribution in [0.25, 0.3) is 6.08 Å². The van der Waals surface area contributed by atoms with Gasteiger partial charge in [0, 0.05) is 17.5 Å². The molecule has 1 aromatic rings. The monoisotopic (exact) mass is 301 g/mol. The summed E-state index contributed by atoms with van der Waals surface area (Å²) in [5.74, 6) is -0.380. The van der Waals surface area contributed by atoms with Crippen molar-refractivity contribution in [1.82, 2.24) is 4.90 Å². The van der Waals surface area contributed by atoms with E-state index in [9.17, 15) is 9.90 Å². The number of likely N-dealkylation sites (tertiary alicyclic amines) is 1. The molecule has 1 amide bonds. The zero-order chi connectivity index (χ0) is 14.8. The van der Waals surface area contributed by atoms with E-state index in [1.807, 2.05) is 60.7 Å². The molecule has 1 aliphatic carbocycles. The number of fused-ring (bicyclic) bond motifs is 1. The molecule has 0 bridgehead atoms. The van der Waals surface area contributed by atoms with Gasteiger partial charge in [-0.05, 0) is 17.7 Å². The lowest BCUT2D eigenvalue weighted by Crippen LogP contribution is -2.34. The number of carbonyl (C=O) groups is 1. The number of allylic oxidation sites excluding steroid dienone is 2. The number of amides is 1. The average molecular weight is 302 g/mol. The third kappa shape index (κ3) is 2.80. The lowest BCUT2D eigenvalue weighted by atomic mass is 9.90. The van der Waals surface area contributed by atoms with Gasteiger partial charge in [0.1, 0.15) is 6.23 Å². The second-order valence-corrected chi connectivity index (χ2v) is 5.67. The lowest BCUT2D eigenvalue weighted by Gasteiger charge is -2.20. The number of carbonyl (C=O) groups excluding carboxylic acids is 1. The van der Waals surface area contributed by atoms with Gasteiger partial charge in [0.25, 0.3) is 0 Å². The molecule has 108 valence electrons. The minimum Gasteiger partial charge on any atom is -0.373 e. The second-order valence-electron chi connectivity index (χ2n) is 5.23. The summed E-state index contributed by atoms with van der Waals surface area (Å²) >= 11 is 5.83. The first-order valence-electron chi connectivity index (χ1n) is 6.92. The fraction of sp³-hybridized carbons (Fsp3) is 0.235. The molecule has 1 fully saturated rings. The fourth-order valence-corrected chi connectivity index (χ4v) is 2.89. The number of hydrogen-bond donors (Lipinski definition) is 1. The Morgan fingerprint density at radius 2 is 1.90 bits per heavy atom. The first-order valence-corrected chi connectivity index (χ1v) is 7.30. The van der Waals surface area contributed by atoms with Gasteiger partial charge in [-0.3, -0.25) is 4.79 Å². The van der Waals surface area contributed by atoms with Gasteiger partial charge in [-0.25, -0.2) is 0 Å². The number of aliphatic hydroxyl groups is 1. The molecule has 2 aliphatic rings. The van der Waals surface area contributed by atoms with Crippen LogP contribution in [0.15, 0.2) is 54.6 Å². The summed E-state index contributed by atoms with van der Waals surface area (Å²) < 4.78 is 0. The van der Waals surface area contributed by atoms with Crippen LogP contribution in [0.3, 0.4) is 0 Å². The van der Waals surface area contributed by atoms with Crippen molar-refractivity contribution < 1.29 is 9.90 Å². The minimum atomic E-state index is -0.751. The topological polar surface area (TPSA) is 40.5 Å². The third-order valence-electron chi connectivity index (χ3n) is 3.89. The van der Waals surface area contributed by atoms with Crippen molar-refractivity contribution in [2.24, 2.45) is 11.8 Å². The quantitative estimate of drug-likeness (QED) is 0.932. The smallest absolute Gasteiger partial charge is 0.232 e. The van der Waals surface area contributed by atoms with Crippen LogP contribution >= 0.6 is 11.6 Å². The Balaban J connectivity index is 1.68. The molecule has 1 aliphatic heterocycles. The Hall–Kier alpha value is -1.84. The van der Waals surface area contributed by atoms with E-state index in [1.54, 1.807) is 0 Å². The van der Waals surface area contributed by atoms with E-state index in [4.69, 9.17) is 11.6 Å². The van der Waals surface area contributed by atoms with Crippen LogP contribution < -0.4 is 0 Å². The molecule has 21 heavy (non-hydrogen) atoms. The fourth-order valence-electron chi connectivity index (χ4n) is 2.76. The molecule has 1 N–H and O–H groups in total. The number of halogens is 1. The first-order chi connectivity index (χ1) is 10.2. The average Bonchev–Trinajstić information content (AvgIpc) is 2.75. The highest BCUT2D eigenvalue weighted by molar-refractivity contribution is 6.30. The van der Waals surface area contributed by atoms with Crippen molar-refractivity contribution in [2.75, 3.05) is 6.54 Å². The van der Waals surface area contributed by atoms with E-state index in [-0.39, 0.29) is 17.7 Å². The second kappa shape index (κ2) is 5.88. The van der Waals surface area contributed by atoms with Crippen LogP contribution in [-0.2, 0) is 4.79 Å². The van der Waals surface area contributed by atoms with Gasteiger partial charge in [0.2, 0.25) is 5.91 Å². The highest BCUT2D eigenvalue weighted by Gasteiger charge is 2.44. The number of benzene rings is 1. The number of hydrogen-bond acceptors (Lipinski definition) is 2. The van der Waals surface area contributed by atoms with Gasteiger partial charge in [0.05, 0.1) is 5.92 Å².